The lowest BCUT2D eigenvalue weighted by Crippen LogP contribution is -2.20. The number of hydrogen-bond acceptors (Lipinski definition) is 3. The molecule has 7 heteroatoms. The molecule has 1 amide bonds. The third kappa shape index (κ3) is 5.17. The quantitative estimate of drug-likeness (QED) is 0.658. The van der Waals surface area contributed by atoms with Gasteiger partial charge < -0.3 is 10.1 Å². The highest BCUT2D eigenvalue weighted by Gasteiger charge is 2.08. The summed E-state index contributed by atoms with van der Waals surface area (Å²) < 4.78 is 31.1. The van der Waals surface area contributed by atoms with Crippen LogP contribution in [0.25, 0.3) is 6.08 Å². The average molecular weight is 352 g/mol. The summed E-state index contributed by atoms with van der Waals surface area (Å²) in [6.07, 6.45) is 2.26. The molecule has 0 atom stereocenters. The van der Waals surface area contributed by atoms with Gasteiger partial charge in [-0.3, -0.25) is 4.79 Å². The number of esters is 1. The molecule has 4 nitrogen and oxygen atoms in total. The second-order valence-corrected chi connectivity index (χ2v) is 5.05. The van der Waals surface area contributed by atoms with Crippen molar-refractivity contribution >= 4 is 35.2 Å². The van der Waals surface area contributed by atoms with Crippen LogP contribution in [0.5, 0.6) is 0 Å². The second-order valence-electron chi connectivity index (χ2n) is 4.64. The molecule has 0 aliphatic rings. The van der Waals surface area contributed by atoms with E-state index in [1.54, 1.807) is 6.07 Å². The Kier molecular flexibility index (Phi) is 6.03. The SMILES string of the molecule is O=C(COC(=O)/C=C/c1ccccc1F)Nc1ccc(F)c(Cl)c1. The lowest BCUT2D eigenvalue weighted by Gasteiger charge is -2.06. The molecule has 0 saturated carbocycles. The zero-order chi connectivity index (χ0) is 17.5. The molecule has 0 spiro atoms. The fourth-order valence-electron chi connectivity index (χ4n) is 1.72. The molecule has 0 bridgehead atoms. The van der Waals surface area contributed by atoms with Crippen LogP contribution in [0.1, 0.15) is 5.56 Å². The summed E-state index contributed by atoms with van der Waals surface area (Å²) in [6.45, 7) is -0.546. The summed E-state index contributed by atoms with van der Waals surface area (Å²) in [6, 6.07) is 9.54. The molecule has 0 aromatic heterocycles. The Morgan fingerprint density at radius 2 is 1.88 bits per heavy atom. The van der Waals surface area contributed by atoms with Crippen molar-refractivity contribution in [2.24, 2.45) is 0 Å². The smallest absolute Gasteiger partial charge is 0.331 e. The van der Waals surface area contributed by atoms with Crippen LogP contribution >= 0.6 is 11.6 Å². The molecule has 124 valence electrons. The predicted molar refractivity (Wildman–Crippen MR) is 86.4 cm³/mol. The lowest BCUT2D eigenvalue weighted by atomic mass is 10.2. The Morgan fingerprint density at radius 3 is 2.58 bits per heavy atom. The normalized spacial score (nSPS) is 10.6. The number of rotatable bonds is 5. The number of ether oxygens (including phenoxy) is 1. The minimum absolute atomic E-state index is 0.141. The third-order valence-corrected chi connectivity index (χ3v) is 3.14. The Morgan fingerprint density at radius 1 is 1.12 bits per heavy atom. The van der Waals surface area contributed by atoms with Gasteiger partial charge in [0.15, 0.2) is 6.61 Å². The molecule has 0 aliphatic carbocycles. The summed E-state index contributed by atoms with van der Waals surface area (Å²) in [5.74, 6) is -2.51. The number of benzene rings is 2. The van der Waals surface area contributed by atoms with Crippen LogP contribution in [0, 0.1) is 11.6 Å². The topological polar surface area (TPSA) is 55.4 Å². The second kappa shape index (κ2) is 8.21. The molecule has 0 heterocycles. The molecule has 0 radical (unpaired) electrons. The number of halogens is 3. The minimum Gasteiger partial charge on any atom is -0.452 e. The molecule has 0 unspecified atom stereocenters. The van der Waals surface area contributed by atoms with Gasteiger partial charge in [-0.15, -0.1) is 0 Å². The summed E-state index contributed by atoms with van der Waals surface area (Å²) >= 11 is 5.59. The van der Waals surface area contributed by atoms with E-state index in [4.69, 9.17) is 16.3 Å². The van der Waals surface area contributed by atoms with Gasteiger partial charge in [0, 0.05) is 17.3 Å². The summed E-state index contributed by atoms with van der Waals surface area (Å²) in [7, 11) is 0. The monoisotopic (exact) mass is 351 g/mol. The Balaban J connectivity index is 1.84. The van der Waals surface area contributed by atoms with E-state index in [1.165, 1.54) is 36.4 Å². The number of carbonyl (C=O) groups excluding carboxylic acids is 2. The largest absolute Gasteiger partial charge is 0.452 e. The van der Waals surface area contributed by atoms with E-state index >= 15 is 0 Å². The molecule has 1 N–H and O–H groups in total. The molecule has 0 saturated heterocycles. The van der Waals surface area contributed by atoms with Gasteiger partial charge in [0.25, 0.3) is 5.91 Å². The van der Waals surface area contributed by atoms with Crippen LogP contribution in [0.15, 0.2) is 48.5 Å². The first-order valence-electron chi connectivity index (χ1n) is 6.80. The van der Waals surface area contributed by atoms with Crippen LogP contribution in [-0.2, 0) is 14.3 Å². The van der Waals surface area contributed by atoms with E-state index in [1.807, 2.05) is 0 Å². The van der Waals surface area contributed by atoms with Gasteiger partial charge in [0.2, 0.25) is 0 Å². The van der Waals surface area contributed by atoms with Crippen LogP contribution in [0.4, 0.5) is 14.5 Å². The maximum atomic E-state index is 13.4. The number of carbonyl (C=O) groups is 2. The first-order valence-corrected chi connectivity index (χ1v) is 7.18. The third-order valence-electron chi connectivity index (χ3n) is 2.85. The van der Waals surface area contributed by atoms with E-state index in [2.05, 4.69) is 5.32 Å². The van der Waals surface area contributed by atoms with Gasteiger partial charge in [-0.25, -0.2) is 13.6 Å². The van der Waals surface area contributed by atoms with Crippen molar-refractivity contribution in [1.82, 2.24) is 0 Å². The average Bonchev–Trinajstić information content (AvgIpc) is 2.55. The molecule has 2 aromatic carbocycles. The van der Waals surface area contributed by atoms with Gasteiger partial charge in [-0.05, 0) is 30.3 Å². The van der Waals surface area contributed by atoms with Crippen molar-refractivity contribution in [2.75, 3.05) is 11.9 Å². The van der Waals surface area contributed by atoms with Gasteiger partial charge in [-0.1, -0.05) is 29.8 Å². The van der Waals surface area contributed by atoms with E-state index in [-0.39, 0.29) is 16.3 Å². The highest BCUT2D eigenvalue weighted by Crippen LogP contribution is 2.19. The Bertz CT molecular complexity index is 793. The highest BCUT2D eigenvalue weighted by atomic mass is 35.5. The van der Waals surface area contributed by atoms with Gasteiger partial charge >= 0.3 is 5.97 Å². The van der Waals surface area contributed by atoms with Crippen LogP contribution < -0.4 is 5.32 Å². The fraction of sp³-hybridized carbons (Fsp3) is 0.0588. The van der Waals surface area contributed by atoms with Crippen molar-refractivity contribution in [2.45, 2.75) is 0 Å². The molecule has 0 fully saturated rings. The van der Waals surface area contributed by atoms with Crippen molar-refractivity contribution in [3.8, 4) is 0 Å². The van der Waals surface area contributed by atoms with Gasteiger partial charge in [-0.2, -0.15) is 0 Å². The van der Waals surface area contributed by atoms with E-state index in [0.717, 1.165) is 12.1 Å². The number of nitrogens with one attached hydrogen (secondary N) is 1. The summed E-state index contributed by atoms with van der Waals surface area (Å²) in [4.78, 5) is 23.1. The van der Waals surface area contributed by atoms with Crippen LogP contribution in [0.2, 0.25) is 5.02 Å². The molecular formula is C17H12ClF2NO3. The van der Waals surface area contributed by atoms with Crippen LogP contribution in [0.3, 0.4) is 0 Å². The first kappa shape index (κ1) is 17.6. The Hall–Kier alpha value is -2.73. The fourth-order valence-corrected chi connectivity index (χ4v) is 1.90. The summed E-state index contributed by atoms with van der Waals surface area (Å²) in [5.41, 5.74) is 0.490. The zero-order valence-corrected chi connectivity index (χ0v) is 13.0. The van der Waals surface area contributed by atoms with Gasteiger partial charge in [0.1, 0.15) is 11.6 Å². The standard InChI is InChI=1S/C17H12ClF2NO3/c18-13-9-12(6-7-15(13)20)21-16(22)10-24-17(23)8-5-11-3-1-2-4-14(11)19/h1-9H,10H2,(H,21,22)/b8-5+. The minimum atomic E-state index is -0.800. The predicted octanol–water partition coefficient (Wildman–Crippen LogP) is 3.81. The van der Waals surface area contributed by atoms with E-state index in [9.17, 15) is 18.4 Å². The van der Waals surface area contributed by atoms with Crippen LogP contribution in [-0.4, -0.2) is 18.5 Å². The molecule has 24 heavy (non-hydrogen) atoms. The molecule has 0 aliphatic heterocycles. The van der Waals surface area contributed by atoms with Crippen molar-refractivity contribution in [3.05, 3.63) is 70.8 Å². The maximum Gasteiger partial charge on any atom is 0.331 e. The number of amides is 1. The zero-order valence-electron chi connectivity index (χ0n) is 12.3. The first-order chi connectivity index (χ1) is 11.5. The van der Waals surface area contributed by atoms with E-state index < -0.39 is 30.1 Å². The van der Waals surface area contributed by atoms with Crippen molar-refractivity contribution in [3.63, 3.8) is 0 Å². The molecule has 2 aromatic rings. The van der Waals surface area contributed by atoms with Gasteiger partial charge in [0.05, 0.1) is 5.02 Å². The lowest BCUT2D eigenvalue weighted by molar-refractivity contribution is -0.142. The van der Waals surface area contributed by atoms with Crippen molar-refractivity contribution < 1.29 is 23.1 Å². The summed E-state index contributed by atoms with van der Waals surface area (Å²) in [5, 5.41) is 2.26. The molecule has 2 rings (SSSR count). The number of anilines is 1. The van der Waals surface area contributed by atoms with Crippen molar-refractivity contribution in [1.29, 1.82) is 0 Å². The van der Waals surface area contributed by atoms with E-state index in [0.29, 0.717) is 0 Å². The Labute approximate surface area is 141 Å². The number of hydrogen-bond donors (Lipinski definition) is 1. The molecular weight excluding hydrogens is 340 g/mol. The highest BCUT2D eigenvalue weighted by molar-refractivity contribution is 6.31. The maximum absolute atomic E-state index is 13.4.